The van der Waals surface area contributed by atoms with Gasteiger partial charge in [0.1, 0.15) is 5.69 Å². The zero-order valence-corrected chi connectivity index (χ0v) is 18.5. The van der Waals surface area contributed by atoms with Crippen molar-refractivity contribution in [2.45, 2.75) is 61.0 Å². The second-order valence-electron chi connectivity index (χ2n) is 7.85. The van der Waals surface area contributed by atoms with E-state index in [1.165, 1.54) is 24.3 Å². The van der Waals surface area contributed by atoms with Gasteiger partial charge in [0.15, 0.2) is 0 Å². The smallest absolute Gasteiger partial charge is 0.460 e. The molecule has 0 amide bonds. The molecule has 0 bridgehead atoms. The molecule has 0 aliphatic heterocycles. The molecule has 0 N–H and O–H groups in total. The third-order valence-corrected chi connectivity index (χ3v) is 5.14. The summed E-state index contributed by atoms with van der Waals surface area (Å²) in [6, 6.07) is 5.58. The summed E-state index contributed by atoms with van der Waals surface area (Å²) >= 11 is 0. The van der Waals surface area contributed by atoms with Gasteiger partial charge in [-0.1, -0.05) is 12.1 Å². The zero-order chi connectivity index (χ0) is 30.7. The fourth-order valence-electron chi connectivity index (χ4n) is 2.84. The van der Waals surface area contributed by atoms with Crippen molar-refractivity contribution in [3.8, 4) is 5.88 Å². The standard InChI is InChI=1S/C19H11F17N2O/c1-8-11(38-10-5-3-2-4-9(10)37-8)39-7-6-12(20,21)13(22,23)14(24,25)15(26,27)16(28,29)17(30,31)18(32,33)19(34,35)36/h2-5H,6-7H2,1H3. The number of rotatable bonds is 10. The van der Waals surface area contributed by atoms with Crippen LogP contribution in [0.3, 0.4) is 0 Å². The van der Waals surface area contributed by atoms with Gasteiger partial charge in [-0.05, 0) is 19.1 Å². The number of benzene rings is 1. The van der Waals surface area contributed by atoms with Crippen LogP contribution in [0.1, 0.15) is 12.1 Å². The number of aromatic nitrogens is 2. The van der Waals surface area contributed by atoms with Crippen molar-refractivity contribution >= 4 is 11.0 Å². The van der Waals surface area contributed by atoms with E-state index in [0.29, 0.717) is 0 Å². The number of nitrogens with zero attached hydrogens (tertiary/aromatic N) is 2. The van der Waals surface area contributed by atoms with Gasteiger partial charge >= 0.3 is 47.6 Å². The fraction of sp³-hybridized carbons (Fsp3) is 0.579. The van der Waals surface area contributed by atoms with Gasteiger partial charge in [-0.15, -0.1) is 0 Å². The summed E-state index contributed by atoms with van der Waals surface area (Å²) in [5.74, 6) is -57.3. The lowest BCUT2D eigenvalue weighted by molar-refractivity contribution is -0.461. The highest BCUT2D eigenvalue weighted by Gasteiger charge is 2.95. The van der Waals surface area contributed by atoms with Crippen molar-refractivity contribution in [3.05, 3.63) is 30.0 Å². The van der Waals surface area contributed by atoms with E-state index >= 15 is 0 Å². The summed E-state index contributed by atoms with van der Waals surface area (Å²) < 4.78 is 230. The molecular weight excluding hydrogens is 595 g/mol. The Balaban J connectivity index is 2.37. The normalized spacial score (nSPS) is 15.1. The average Bonchev–Trinajstić information content (AvgIpc) is 2.77. The van der Waals surface area contributed by atoms with Gasteiger partial charge in [-0.2, -0.15) is 74.6 Å². The van der Waals surface area contributed by atoms with Crippen LogP contribution in [-0.4, -0.2) is 64.2 Å². The molecule has 1 aromatic carbocycles. The lowest BCUT2D eigenvalue weighted by atomic mass is 9.88. The summed E-state index contributed by atoms with van der Waals surface area (Å²) in [6.07, 6.45) is -10.5. The summed E-state index contributed by atoms with van der Waals surface area (Å²) in [5.41, 5.74) is 0.0307. The Hall–Kier alpha value is -2.83. The first-order chi connectivity index (χ1) is 17.2. The van der Waals surface area contributed by atoms with Gasteiger partial charge in [0.05, 0.1) is 24.1 Å². The summed E-state index contributed by atoms with van der Waals surface area (Å²) in [5, 5.41) is 0. The second kappa shape index (κ2) is 9.38. The minimum absolute atomic E-state index is 0.0279. The molecule has 0 aliphatic carbocycles. The Bertz CT molecular complexity index is 1190. The molecule has 39 heavy (non-hydrogen) atoms. The Kier molecular flexibility index (Phi) is 7.79. The quantitative estimate of drug-likeness (QED) is 0.260. The Morgan fingerprint density at radius 2 is 0.949 bits per heavy atom. The molecule has 222 valence electrons. The third-order valence-electron chi connectivity index (χ3n) is 5.14. The van der Waals surface area contributed by atoms with E-state index < -0.39 is 66.5 Å². The predicted octanol–water partition coefficient (Wildman–Crippen LogP) is 7.72. The topological polar surface area (TPSA) is 35.0 Å². The molecule has 1 heterocycles. The van der Waals surface area contributed by atoms with Gasteiger partial charge in [0.25, 0.3) is 0 Å². The van der Waals surface area contributed by atoms with Gasteiger partial charge < -0.3 is 4.74 Å². The molecule has 0 fully saturated rings. The lowest BCUT2D eigenvalue weighted by Crippen LogP contribution is -2.74. The Labute approximate surface area is 204 Å². The number of aryl methyl sites for hydroxylation is 1. The first-order valence-electron chi connectivity index (χ1n) is 9.78. The molecule has 2 rings (SSSR count). The molecule has 0 atom stereocenters. The molecule has 0 radical (unpaired) electrons. The van der Waals surface area contributed by atoms with Crippen LogP contribution >= 0.6 is 0 Å². The average molecular weight is 606 g/mol. The molecule has 20 heteroatoms. The lowest BCUT2D eigenvalue weighted by Gasteiger charge is -2.42. The van der Waals surface area contributed by atoms with E-state index in [2.05, 4.69) is 14.7 Å². The third kappa shape index (κ3) is 4.76. The highest BCUT2D eigenvalue weighted by molar-refractivity contribution is 5.74. The van der Waals surface area contributed by atoms with Crippen molar-refractivity contribution in [3.63, 3.8) is 0 Å². The molecule has 3 nitrogen and oxygen atoms in total. The van der Waals surface area contributed by atoms with Crippen molar-refractivity contribution in [1.82, 2.24) is 9.97 Å². The minimum Gasteiger partial charge on any atom is -0.476 e. The summed E-state index contributed by atoms with van der Waals surface area (Å²) in [7, 11) is 0. The Morgan fingerprint density at radius 1 is 0.564 bits per heavy atom. The van der Waals surface area contributed by atoms with Crippen molar-refractivity contribution in [2.24, 2.45) is 0 Å². The first-order valence-corrected chi connectivity index (χ1v) is 9.78. The SMILES string of the molecule is Cc1nc2ccccc2nc1OCCC(F)(F)C(F)(F)C(F)(F)C(F)(F)C(F)(F)C(F)(F)C(F)(F)C(F)(F)F. The van der Waals surface area contributed by atoms with E-state index in [-0.39, 0.29) is 16.7 Å². The van der Waals surface area contributed by atoms with Crippen molar-refractivity contribution in [2.75, 3.05) is 6.61 Å². The highest BCUT2D eigenvalue weighted by Crippen LogP contribution is 2.64. The zero-order valence-electron chi connectivity index (χ0n) is 18.5. The molecule has 0 aliphatic rings. The van der Waals surface area contributed by atoms with Crippen molar-refractivity contribution in [1.29, 1.82) is 0 Å². The van der Waals surface area contributed by atoms with Crippen LogP contribution in [-0.2, 0) is 0 Å². The number of fused-ring (bicyclic) bond motifs is 1. The van der Waals surface area contributed by atoms with Crippen LogP contribution in [0, 0.1) is 6.92 Å². The van der Waals surface area contributed by atoms with Gasteiger partial charge in [-0.3, -0.25) is 0 Å². The maximum atomic E-state index is 14.0. The molecule has 0 spiro atoms. The van der Waals surface area contributed by atoms with Crippen LogP contribution in [0.2, 0.25) is 0 Å². The highest BCUT2D eigenvalue weighted by atomic mass is 19.4. The van der Waals surface area contributed by atoms with E-state index in [1.807, 2.05) is 0 Å². The van der Waals surface area contributed by atoms with Crippen LogP contribution < -0.4 is 4.74 Å². The minimum atomic E-state index is -8.66. The van der Waals surface area contributed by atoms with Gasteiger partial charge in [0.2, 0.25) is 5.88 Å². The number of hydrogen-bond donors (Lipinski definition) is 0. The second-order valence-corrected chi connectivity index (χ2v) is 7.85. The van der Waals surface area contributed by atoms with Crippen molar-refractivity contribution < 1.29 is 79.4 Å². The number of ether oxygens (including phenoxy) is 1. The monoisotopic (exact) mass is 606 g/mol. The number of para-hydroxylation sites is 2. The molecule has 0 saturated heterocycles. The summed E-state index contributed by atoms with van der Waals surface area (Å²) in [6.45, 7) is -0.661. The fourth-order valence-corrected chi connectivity index (χ4v) is 2.84. The number of hydrogen-bond acceptors (Lipinski definition) is 3. The van der Waals surface area contributed by atoms with E-state index in [1.54, 1.807) is 0 Å². The predicted molar refractivity (Wildman–Crippen MR) is 95.1 cm³/mol. The summed E-state index contributed by atoms with van der Waals surface area (Å²) in [4.78, 5) is 7.58. The van der Waals surface area contributed by atoms with Gasteiger partial charge in [0, 0.05) is 0 Å². The van der Waals surface area contributed by atoms with Gasteiger partial charge in [-0.25, -0.2) is 9.97 Å². The maximum Gasteiger partial charge on any atom is 0.460 e. The van der Waals surface area contributed by atoms with E-state index in [0.717, 1.165) is 6.92 Å². The Morgan fingerprint density at radius 3 is 1.38 bits per heavy atom. The van der Waals surface area contributed by atoms with E-state index in [9.17, 15) is 74.6 Å². The number of alkyl halides is 17. The molecule has 0 unspecified atom stereocenters. The van der Waals surface area contributed by atoms with Crippen LogP contribution in [0.5, 0.6) is 5.88 Å². The largest absolute Gasteiger partial charge is 0.476 e. The van der Waals surface area contributed by atoms with E-state index in [4.69, 9.17) is 0 Å². The van der Waals surface area contributed by atoms with Crippen LogP contribution in [0.15, 0.2) is 24.3 Å². The molecular formula is C19H11F17N2O. The first kappa shape index (κ1) is 32.4. The maximum absolute atomic E-state index is 14.0. The molecule has 0 saturated carbocycles. The molecule has 1 aromatic heterocycles. The number of halogens is 17. The molecule has 2 aromatic rings. The van der Waals surface area contributed by atoms with Crippen LogP contribution in [0.4, 0.5) is 74.6 Å². The van der Waals surface area contributed by atoms with Crippen LogP contribution in [0.25, 0.3) is 11.0 Å².